The fourth-order valence-electron chi connectivity index (χ4n) is 1.94. The molecule has 0 amide bonds. The van der Waals surface area contributed by atoms with Gasteiger partial charge in [-0.2, -0.15) is 0 Å². The lowest BCUT2D eigenvalue weighted by Gasteiger charge is -2.19. The van der Waals surface area contributed by atoms with Crippen molar-refractivity contribution >= 4 is 0 Å². The number of ether oxygens (including phenoxy) is 7. The zero-order valence-electron chi connectivity index (χ0n) is 20.9. The molecule has 0 aliphatic carbocycles. The molecular weight excluding hydrogens is 440 g/mol. The first-order valence-electron chi connectivity index (χ1n) is 11.5. The molecule has 0 saturated heterocycles. The molecule has 4 N–H and O–H groups in total. The van der Waals surface area contributed by atoms with Crippen molar-refractivity contribution in [2.24, 2.45) is 0 Å². The van der Waals surface area contributed by atoms with Gasteiger partial charge in [-0.05, 0) is 27.7 Å². The molecule has 0 aromatic carbocycles. The Morgan fingerprint density at radius 2 is 0.818 bits per heavy atom. The summed E-state index contributed by atoms with van der Waals surface area (Å²) in [5.74, 6) is 0. The highest BCUT2D eigenvalue weighted by Gasteiger charge is 2.10. The zero-order valence-corrected chi connectivity index (χ0v) is 20.9. The third-order valence-corrected chi connectivity index (χ3v) is 3.70. The van der Waals surface area contributed by atoms with E-state index < -0.39 is 6.10 Å². The maximum absolute atomic E-state index is 9.04. The van der Waals surface area contributed by atoms with Gasteiger partial charge in [0.05, 0.1) is 117 Å². The molecule has 4 unspecified atom stereocenters. The lowest BCUT2D eigenvalue weighted by atomic mass is 10.3. The molecule has 11 heteroatoms. The van der Waals surface area contributed by atoms with Crippen LogP contribution in [0, 0.1) is 0 Å². The molecule has 0 rings (SSSR count). The summed E-state index contributed by atoms with van der Waals surface area (Å²) in [4.78, 5) is 0. The summed E-state index contributed by atoms with van der Waals surface area (Å²) in [6.45, 7) is 12.3. The molecule has 202 valence electrons. The molecule has 0 aliphatic heterocycles. The van der Waals surface area contributed by atoms with Gasteiger partial charge in [0.2, 0.25) is 0 Å². The number of aliphatic hydroxyl groups is 4. The fourth-order valence-corrected chi connectivity index (χ4v) is 1.94. The summed E-state index contributed by atoms with van der Waals surface area (Å²) in [5, 5.41) is 34.6. The standard InChI is InChI=1S/C12H26O5.C10H22O6/c1-9(14)6-15-11(3)8-17-12(4)7-16-10(2)5-13;11-1-3-13-5-7-15-9-10-16-8-6-14-4-2-12/h9-14H,5-8H2,1-4H3;11-12H,1-10H2. The second-order valence-electron chi connectivity index (χ2n) is 7.36. The summed E-state index contributed by atoms with van der Waals surface area (Å²) < 4.78 is 36.6. The first-order chi connectivity index (χ1) is 15.9. The maximum atomic E-state index is 9.04. The van der Waals surface area contributed by atoms with Crippen LogP contribution in [0.25, 0.3) is 0 Å². The minimum absolute atomic E-state index is 0.0145. The first-order valence-corrected chi connectivity index (χ1v) is 11.5. The molecule has 0 saturated carbocycles. The highest BCUT2D eigenvalue weighted by molar-refractivity contribution is 4.55. The number of hydrogen-bond donors (Lipinski definition) is 4. The highest BCUT2D eigenvalue weighted by atomic mass is 16.6. The van der Waals surface area contributed by atoms with Crippen LogP contribution < -0.4 is 0 Å². The molecule has 0 aliphatic rings. The highest BCUT2D eigenvalue weighted by Crippen LogP contribution is 2.00. The van der Waals surface area contributed by atoms with Crippen molar-refractivity contribution in [2.45, 2.75) is 52.1 Å². The molecule has 0 aromatic heterocycles. The minimum atomic E-state index is -0.455. The van der Waals surface area contributed by atoms with Gasteiger partial charge in [0, 0.05) is 0 Å². The van der Waals surface area contributed by atoms with Gasteiger partial charge in [0.15, 0.2) is 0 Å². The number of hydrogen-bond acceptors (Lipinski definition) is 11. The van der Waals surface area contributed by atoms with Crippen molar-refractivity contribution < 1.29 is 53.6 Å². The van der Waals surface area contributed by atoms with E-state index in [9.17, 15) is 0 Å². The average molecular weight is 489 g/mol. The van der Waals surface area contributed by atoms with E-state index in [0.717, 1.165) is 0 Å². The topological polar surface area (TPSA) is 146 Å². The molecular formula is C22H48O11. The Hall–Kier alpha value is -0.440. The van der Waals surface area contributed by atoms with Gasteiger partial charge < -0.3 is 53.6 Å². The molecule has 0 bridgehead atoms. The molecule has 0 heterocycles. The van der Waals surface area contributed by atoms with E-state index in [0.29, 0.717) is 72.7 Å². The lowest BCUT2D eigenvalue weighted by Crippen LogP contribution is -2.27. The summed E-state index contributed by atoms with van der Waals surface area (Å²) in [5.41, 5.74) is 0. The van der Waals surface area contributed by atoms with Crippen LogP contribution in [0.3, 0.4) is 0 Å². The van der Waals surface area contributed by atoms with E-state index in [-0.39, 0.29) is 38.1 Å². The van der Waals surface area contributed by atoms with E-state index >= 15 is 0 Å². The van der Waals surface area contributed by atoms with Gasteiger partial charge in [0.1, 0.15) is 0 Å². The SMILES string of the molecule is CC(O)COC(C)COC(C)COC(C)CO.OCCOCCOCCOCCOCCO. The van der Waals surface area contributed by atoms with Crippen LogP contribution in [-0.2, 0) is 33.2 Å². The Morgan fingerprint density at radius 1 is 0.485 bits per heavy atom. The summed E-state index contributed by atoms with van der Waals surface area (Å²) in [6.07, 6.45) is -0.711. The Bertz CT molecular complexity index is 347. The van der Waals surface area contributed by atoms with Crippen molar-refractivity contribution in [3.05, 3.63) is 0 Å². The molecule has 0 fully saturated rings. The van der Waals surface area contributed by atoms with Gasteiger partial charge >= 0.3 is 0 Å². The van der Waals surface area contributed by atoms with Gasteiger partial charge in [0.25, 0.3) is 0 Å². The molecule has 0 radical (unpaired) electrons. The van der Waals surface area contributed by atoms with Crippen LogP contribution in [-0.4, -0.2) is 137 Å². The van der Waals surface area contributed by atoms with E-state index in [1.54, 1.807) is 13.8 Å². The number of rotatable bonds is 23. The van der Waals surface area contributed by atoms with Crippen molar-refractivity contribution in [3.63, 3.8) is 0 Å². The summed E-state index contributed by atoms with van der Waals surface area (Å²) in [6, 6.07) is 0. The van der Waals surface area contributed by atoms with Crippen LogP contribution in [0.4, 0.5) is 0 Å². The van der Waals surface area contributed by atoms with E-state index in [4.69, 9.17) is 53.6 Å². The molecule has 4 atom stereocenters. The third-order valence-electron chi connectivity index (χ3n) is 3.70. The van der Waals surface area contributed by atoms with Crippen LogP contribution >= 0.6 is 0 Å². The van der Waals surface area contributed by atoms with Crippen LogP contribution in [0.5, 0.6) is 0 Å². The van der Waals surface area contributed by atoms with Crippen LogP contribution in [0.15, 0.2) is 0 Å². The van der Waals surface area contributed by atoms with Gasteiger partial charge in [-0.3, -0.25) is 0 Å². The zero-order chi connectivity index (χ0) is 25.2. The molecule has 0 aromatic rings. The fraction of sp³-hybridized carbons (Fsp3) is 1.00. The summed E-state index contributed by atoms with van der Waals surface area (Å²) >= 11 is 0. The quantitative estimate of drug-likeness (QED) is 0.140. The van der Waals surface area contributed by atoms with Gasteiger partial charge in [-0.25, -0.2) is 0 Å². The van der Waals surface area contributed by atoms with E-state index in [1.165, 1.54) is 0 Å². The number of aliphatic hydroxyl groups excluding tert-OH is 4. The van der Waals surface area contributed by atoms with Crippen LogP contribution in [0.1, 0.15) is 27.7 Å². The normalized spacial score (nSPS) is 14.9. The van der Waals surface area contributed by atoms with E-state index in [2.05, 4.69) is 0 Å². The second kappa shape index (κ2) is 27.8. The maximum Gasteiger partial charge on any atom is 0.0781 e. The smallest absolute Gasteiger partial charge is 0.0781 e. The van der Waals surface area contributed by atoms with Crippen molar-refractivity contribution in [2.75, 3.05) is 92.5 Å². The monoisotopic (exact) mass is 488 g/mol. The van der Waals surface area contributed by atoms with Crippen molar-refractivity contribution in [1.82, 2.24) is 0 Å². The molecule has 33 heavy (non-hydrogen) atoms. The predicted octanol–water partition coefficient (Wildman–Crippen LogP) is -0.388. The Kier molecular flexibility index (Phi) is 29.3. The third kappa shape index (κ3) is 31.6. The second-order valence-corrected chi connectivity index (χ2v) is 7.36. The molecule has 11 nitrogen and oxygen atoms in total. The van der Waals surface area contributed by atoms with Gasteiger partial charge in [-0.15, -0.1) is 0 Å². The Balaban J connectivity index is 0. The Morgan fingerprint density at radius 3 is 1.15 bits per heavy atom. The minimum Gasteiger partial charge on any atom is -0.394 e. The van der Waals surface area contributed by atoms with Crippen molar-refractivity contribution in [1.29, 1.82) is 0 Å². The van der Waals surface area contributed by atoms with E-state index in [1.807, 2.05) is 13.8 Å². The van der Waals surface area contributed by atoms with Gasteiger partial charge in [-0.1, -0.05) is 0 Å². The average Bonchev–Trinajstić information content (AvgIpc) is 2.80. The van der Waals surface area contributed by atoms with Crippen molar-refractivity contribution in [3.8, 4) is 0 Å². The lowest BCUT2D eigenvalue weighted by molar-refractivity contribution is -0.0825. The first kappa shape index (κ1) is 34.7. The Labute approximate surface area is 198 Å². The molecule has 0 spiro atoms. The summed E-state index contributed by atoms with van der Waals surface area (Å²) in [7, 11) is 0. The predicted molar refractivity (Wildman–Crippen MR) is 122 cm³/mol. The largest absolute Gasteiger partial charge is 0.394 e. The van der Waals surface area contributed by atoms with Crippen LogP contribution in [0.2, 0.25) is 0 Å².